The van der Waals surface area contributed by atoms with E-state index >= 15 is 0 Å². The van der Waals surface area contributed by atoms with Crippen LogP contribution >= 0.6 is 0 Å². The van der Waals surface area contributed by atoms with E-state index in [0.29, 0.717) is 10.5 Å². The average Bonchev–Trinajstić information content (AvgIpc) is 2.08. The first-order valence-corrected chi connectivity index (χ1v) is 3.15. The molecule has 1 aliphatic rings. The zero-order chi connectivity index (χ0) is 8.48. The normalized spacial score (nSPS) is 22.0. The maximum atomic E-state index is 11.0. The molecule has 0 aromatic heterocycles. The number of hydrogen-bond acceptors (Lipinski definition) is 4. The lowest BCUT2D eigenvalue weighted by atomic mass is 10.3. The van der Waals surface area contributed by atoms with E-state index in [1.165, 1.54) is 6.21 Å². The first kappa shape index (κ1) is 7.71. The highest BCUT2D eigenvalue weighted by atomic mass is 16.5. The lowest BCUT2D eigenvalue weighted by molar-refractivity contribution is -0.528. The molecule has 1 N–H and O–H groups in total. The molecule has 0 atom stereocenters. The summed E-state index contributed by atoms with van der Waals surface area (Å²) in [5, 5.41) is 21.9. The highest BCUT2D eigenvalue weighted by Crippen LogP contribution is 2.13. The van der Waals surface area contributed by atoms with Crippen LogP contribution in [0.2, 0.25) is 0 Å². The molecule has 11 heavy (non-hydrogen) atoms. The summed E-state index contributed by atoms with van der Waals surface area (Å²) in [7, 11) is 0. The summed E-state index contributed by atoms with van der Waals surface area (Å²) in [4.78, 5) is 3.96. The van der Waals surface area contributed by atoms with Crippen molar-refractivity contribution < 1.29 is 9.95 Å². The SMILES string of the molecule is CC1(C)N=C(C=NO)C=[N+]1[O-]. The zero-order valence-electron chi connectivity index (χ0n) is 6.35. The van der Waals surface area contributed by atoms with Crippen molar-refractivity contribution in [3.63, 3.8) is 0 Å². The van der Waals surface area contributed by atoms with Crippen molar-refractivity contribution >= 4 is 18.1 Å². The van der Waals surface area contributed by atoms with Crippen LogP contribution in [0.3, 0.4) is 0 Å². The van der Waals surface area contributed by atoms with E-state index in [0.717, 1.165) is 6.21 Å². The van der Waals surface area contributed by atoms with Crippen molar-refractivity contribution in [2.24, 2.45) is 10.1 Å². The molecule has 5 heteroatoms. The summed E-state index contributed by atoms with van der Waals surface area (Å²) >= 11 is 0. The van der Waals surface area contributed by atoms with Crippen LogP contribution in [0.4, 0.5) is 0 Å². The molecule has 1 heterocycles. The minimum absolute atomic E-state index is 0.382. The number of oxime groups is 1. The minimum Gasteiger partial charge on any atom is -0.622 e. The van der Waals surface area contributed by atoms with E-state index in [9.17, 15) is 5.21 Å². The van der Waals surface area contributed by atoms with Crippen LogP contribution in [-0.4, -0.2) is 33.7 Å². The van der Waals surface area contributed by atoms with Gasteiger partial charge in [0.15, 0.2) is 5.71 Å². The Labute approximate surface area is 64.0 Å². The second-order valence-corrected chi connectivity index (χ2v) is 2.73. The Morgan fingerprint density at radius 2 is 2.45 bits per heavy atom. The van der Waals surface area contributed by atoms with Crippen LogP contribution in [0.1, 0.15) is 13.8 Å². The largest absolute Gasteiger partial charge is 0.622 e. The molecule has 0 radical (unpaired) electrons. The lowest BCUT2D eigenvalue weighted by Crippen LogP contribution is -2.26. The van der Waals surface area contributed by atoms with Gasteiger partial charge in [-0.25, -0.2) is 4.99 Å². The molecule has 0 aromatic carbocycles. The molecule has 1 rings (SSSR count). The van der Waals surface area contributed by atoms with Gasteiger partial charge in [-0.15, -0.1) is 0 Å². The van der Waals surface area contributed by atoms with Crippen molar-refractivity contribution in [2.45, 2.75) is 19.5 Å². The third-order valence-electron chi connectivity index (χ3n) is 1.38. The summed E-state index contributed by atoms with van der Waals surface area (Å²) < 4.78 is 0.712. The van der Waals surface area contributed by atoms with Crippen LogP contribution in [0.25, 0.3) is 0 Å². The first-order valence-electron chi connectivity index (χ1n) is 3.15. The Hall–Kier alpha value is -1.39. The highest BCUT2D eigenvalue weighted by molar-refractivity contribution is 6.55. The molecule has 5 nitrogen and oxygen atoms in total. The summed E-state index contributed by atoms with van der Waals surface area (Å²) in [5.74, 6) is 0. The van der Waals surface area contributed by atoms with Crippen LogP contribution in [0.5, 0.6) is 0 Å². The van der Waals surface area contributed by atoms with E-state index in [4.69, 9.17) is 5.21 Å². The minimum atomic E-state index is -0.767. The van der Waals surface area contributed by atoms with Crippen molar-refractivity contribution in [3.8, 4) is 0 Å². The number of nitrogens with zero attached hydrogens (tertiary/aromatic N) is 3. The fourth-order valence-corrected chi connectivity index (χ4v) is 0.794. The van der Waals surface area contributed by atoms with Gasteiger partial charge in [-0.3, -0.25) is 0 Å². The van der Waals surface area contributed by atoms with Gasteiger partial charge in [0.25, 0.3) is 5.66 Å². The molecular formula is C6H9N3O2. The summed E-state index contributed by atoms with van der Waals surface area (Å²) in [6.45, 7) is 3.35. The maximum Gasteiger partial charge on any atom is 0.260 e. The van der Waals surface area contributed by atoms with Gasteiger partial charge in [-0.2, -0.15) is 4.74 Å². The van der Waals surface area contributed by atoms with E-state index in [1.54, 1.807) is 13.8 Å². The summed E-state index contributed by atoms with van der Waals surface area (Å²) in [6, 6.07) is 0. The number of hydroxylamine groups is 1. The molecule has 0 unspecified atom stereocenters. The Morgan fingerprint density at radius 1 is 1.82 bits per heavy atom. The van der Waals surface area contributed by atoms with Crippen molar-refractivity contribution in [3.05, 3.63) is 5.21 Å². The van der Waals surface area contributed by atoms with Crippen LogP contribution in [-0.2, 0) is 0 Å². The molecule has 0 spiro atoms. The Balaban J connectivity index is 2.91. The van der Waals surface area contributed by atoms with E-state index in [-0.39, 0.29) is 0 Å². The molecule has 0 saturated heterocycles. The molecule has 1 aliphatic heterocycles. The van der Waals surface area contributed by atoms with Crippen LogP contribution in [0.15, 0.2) is 10.1 Å². The number of hydrogen-bond donors (Lipinski definition) is 1. The molecule has 0 aliphatic carbocycles. The summed E-state index contributed by atoms with van der Waals surface area (Å²) in [5.41, 5.74) is -0.385. The molecule has 0 amide bonds. The third-order valence-corrected chi connectivity index (χ3v) is 1.38. The number of aliphatic imine (C=N–C) groups is 1. The van der Waals surface area contributed by atoms with Gasteiger partial charge in [-0.05, 0) is 0 Å². The van der Waals surface area contributed by atoms with Crippen molar-refractivity contribution in [2.75, 3.05) is 0 Å². The summed E-state index contributed by atoms with van der Waals surface area (Å²) in [6.07, 6.45) is 2.40. The Morgan fingerprint density at radius 3 is 2.82 bits per heavy atom. The zero-order valence-corrected chi connectivity index (χ0v) is 6.35. The highest BCUT2D eigenvalue weighted by Gasteiger charge is 2.30. The van der Waals surface area contributed by atoms with Gasteiger partial charge in [0.1, 0.15) is 0 Å². The van der Waals surface area contributed by atoms with Gasteiger partial charge in [0.2, 0.25) is 6.21 Å². The molecular weight excluding hydrogens is 146 g/mol. The lowest BCUT2D eigenvalue weighted by Gasteiger charge is -2.13. The molecule has 0 saturated carbocycles. The predicted octanol–water partition coefficient (Wildman–Crippen LogP) is 0.218. The maximum absolute atomic E-state index is 11.0. The van der Waals surface area contributed by atoms with Gasteiger partial charge < -0.3 is 10.4 Å². The van der Waals surface area contributed by atoms with E-state index in [1.807, 2.05) is 0 Å². The van der Waals surface area contributed by atoms with Gasteiger partial charge >= 0.3 is 0 Å². The van der Waals surface area contributed by atoms with Crippen LogP contribution in [0, 0.1) is 5.21 Å². The second-order valence-electron chi connectivity index (χ2n) is 2.73. The predicted molar refractivity (Wildman–Crippen MR) is 41.5 cm³/mol. The number of rotatable bonds is 1. The fourth-order valence-electron chi connectivity index (χ4n) is 0.794. The quantitative estimate of drug-likeness (QED) is 0.193. The second kappa shape index (κ2) is 2.34. The Kier molecular flexibility index (Phi) is 1.64. The monoisotopic (exact) mass is 155 g/mol. The van der Waals surface area contributed by atoms with Gasteiger partial charge in [0.05, 0.1) is 6.21 Å². The standard InChI is InChI=1S/C6H9N3O2/c1-6(2)8-5(3-7-10)4-9(6)11/h3-4,10H,1-2H3. The molecule has 60 valence electrons. The fraction of sp³-hybridized carbons (Fsp3) is 0.500. The van der Waals surface area contributed by atoms with Crippen LogP contribution < -0.4 is 0 Å². The molecule has 0 aromatic rings. The van der Waals surface area contributed by atoms with Crippen molar-refractivity contribution in [1.82, 2.24) is 0 Å². The third kappa shape index (κ3) is 1.36. The van der Waals surface area contributed by atoms with E-state index in [2.05, 4.69) is 10.1 Å². The molecule has 0 fully saturated rings. The molecule has 0 bridgehead atoms. The topological polar surface area (TPSA) is 71.0 Å². The Bertz CT molecular complexity index is 253. The average molecular weight is 155 g/mol. The van der Waals surface area contributed by atoms with Crippen molar-refractivity contribution in [1.29, 1.82) is 0 Å². The first-order chi connectivity index (χ1) is 5.06. The van der Waals surface area contributed by atoms with Gasteiger partial charge in [0, 0.05) is 13.8 Å². The smallest absolute Gasteiger partial charge is 0.260 e. The van der Waals surface area contributed by atoms with Gasteiger partial charge in [-0.1, -0.05) is 5.16 Å². The van der Waals surface area contributed by atoms with E-state index < -0.39 is 5.66 Å².